The highest BCUT2D eigenvalue weighted by atomic mass is 16.5. The molecule has 0 radical (unpaired) electrons. The molecule has 8 nitrogen and oxygen atoms in total. The van der Waals surface area contributed by atoms with E-state index in [0.29, 0.717) is 11.9 Å². The van der Waals surface area contributed by atoms with Gasteiger partial charge in [-0.1, -0.05) is 25.0 Å². The SMILES string of the molecule is COc1nc(N2CCCCCC2)nc(N2CCC(c3nc4ccccc4[nH]3)CC2)n1. The molecular weight excluding hydrogens is 378 g/mol. The molecule has 2 aliphatic rings. The quantitative estimate of drug-likeness (QED) is 0.708. The van der Waals surface area contributed by atoms with Crippen molar-refractivity contribution in [3.63, 3.8) is 0 Å². The van der Waals surface area contributed by atoms with Gasteiger partial charge in [-0.3, -0.25) is 0 Å². The van der Waals surface area contributed by atoms with Crippen LogP contribution >= 0.6 is 0 Å². The van der Waals surface area contributed by atoms with Gasteiger partial charge < -0.3 is 19.5 Å². The van der Waals surface area contributed by atoms with Crippen molar-refractivity contribution in [1.82, 2.24) is 24.9 Å². The van der Waals surface area contributed by atoms with Crippen LogP contribution in [-0.2, 0) is 0 Å². The van der Waals surface area contributed by atoms with Gasteiger partial charge in [0.2, 0.25) is 11.9 Å². The van der Waals surface area contributed by atoms with Crippen LogP contribution in [0.3, 0.4) is 0 Å². The highest BCUT2D eigenvalue weighted by Crippen LogP contribution is 2.30. The fourth-order valence-corrected chi connectivity index (χ4v) is 4.50. The third-order valence-corrected chi connectivity index (χ3v) is 6.23. The van der Waals surface area contributed by atoms with Crippen LogP contribution in [0, 0.1) is 0 Å². The zero-order chi connectivity index (χ0) is 20.3. The summed E-state index contributed by atoms with van der Waals surface area (Å²) in [6.45, 7) is 3.80. The monoisotopic (exact) mass is 407 g/mol. The Morgan fingerprint density at radius 1 is 0.833 bits per heavy atom. The zero-order valence-corrected chi connectivity index (χ0v) is 17.5. The van der Waals surface area contributed by atoms with E-state index in [1.54, 1.807) is 7.11 Å². The molecule has 2 fully saturated rings. The third kappa shape index (κ3) is 3.91. The number of nitrogens with one attached hydrogen (secondary N) is 1. The Balaban J connectivity index is 1.31. The van der Waals surface area contributed by atoms with Gasteiger partial charge >= 0.3 is 6.01 Å². The molecule has 4 heterocycles. The number of aromatic amines is 1. The molecular formula is C22H29N7O. The van der Waals surface area contributed by atoms with Gasteiger partial charge in [0.05, 0.1) is 18.1 Å². The Labute approximate surface area is 176 Å². The summed E-state index contributed by atoms with van der Waals surface area (Å²) >= 11 is 0. The van der Waals surface area contributed by atoms with E-state index in [1.807, 2.05) is 12.1 Å². The number of imidazole rings is 1. The number of ether oxygens (including phenoxy) is 1. The molecule has 0 atom stereocenters. The number of hydrogen-bond acceptors (Lipinski definition) is 7. The number of fused-ring (bicyclic) bond motifs is 1. The Bertz CT molecular complexity index is 955. The first kappa shape index (κ1) is 19.1. The molecule has 3 aromatic rings. The molecule has 30 heavy (non-hydrogen) atoms. The Kier molecular flexibility index (Phi) is 5.38. The Morgan fingerprint density at radius 2 is 1.50 bits per heavy atom. The van der Waals surface area contributed by atoms with Gasteiger partial charge in [-0.2, -0.15) is 15.0 Å². The van der Waals surface area contributed by atoms with Gasteiger partial charge in [-0.05, 0) is 37.8 Å². The molecule has 0 amide bonds. The largest absolute Gasteiger partial charge is 0.467 e. The maximum absolute atomic E-state index is 5.40. The maximum atomic E-state index is 5.40. The molecule has 1 aromatic carbocycles. The lowest BCUT2D eigenvalue weighted by Gasteiger charge is -2.31. The number of rotatable bonds is 4. The predicted octanol–water partition coefficient (Wildman–Crippen LogP) is 3.52. The number of methoxy groups -OCH3 is 1. The van der Waals surface area contributed by atoms with Gasteiger partial charge in [0.1, 0.15) is 5.82 Å². The maximum Gasteiger partial charge on any atom is 0.322 e. The standard InChI is InChI=1S/C22H29N7O/c1-30-22-26-20(28-12-6-2-3-7-13-28)25-21(27-22)29-14-10-16(11-15-29)19-23-17-8-4-5-9-18(17)24-19/h4-5,8-9,16H,2-3,6-7,10-15H2,1H3,(H,23,24). The normalized spacial score (nSPS) is 18.6. The first-order chi connectivity index (χ1) is 14.8. The summed E-state index contributed by atoms with van der Waals surface area (Å²) < 4.78 is 5.40. The van der Waals surface area contributed by atoms with Crippen LogP contribution in [0.25, 0.3) is 11.0 Å². The van der Waals surface area contributed by atoms with E-state index in [9.17, 15) is 0 Å². The summed E-state index contributed by atoms with van der Waals surface area (Å²) in [7, 11) is 1.62. The molecule has 1 N–H and O–H groups in total. The number of piperidine rings is 1. The molecule has 2 aromatic heterocycles. The number of H-pyrrole nitrogens is 1. The number of hydrogen-bond donors (Lipinski definition) is 1. The molecule has 0 saturated carbocycles. The topological polar surface area (TPSA) is 83.1 Å². The van der Waals surface area contributed by atoms with E-state index in [0.717, 1.165) is 67.8 Å². The van der Waals surface area contributed by atoms with Gasteiger partial charge in [0, 0.05) is 32.1 Å². The van der Waals surface area contributed by atoms with Gasteiger partial charge in [-0.15, -0.1) is 0 Å². The molecule has 0 unspecified atom stereocenters. The van der Waals surface area contributed by atoms with Gasteiger partial charge in [0.25, 0.3) is 0 Å². The second-order valence-corrected chi connectivity index (χ2v) is 8.22. The van der Waals surface area contributed by atoms with E-state index in [1.165, 1.54) is 25.7 Å². The summed E-state index contributed by atoms with van der Waals surface area (Å²) in [6, 6.07) is 8.63. The smallest absolute Gasteiger partial charge is 0.322 e. The van der Waals surface area contributed by atoms with E-state index < -0.39 is 0 Å². The molecule has 2 aliphatic heterocycles. The van der Waals surface area contributed by atoms with Crippen LogP contribution in [0.2, 0.25) is 0 Å². The lowest BCUT2D eigenvalue weighted by Crippen LogP contribution is -2.35. The van der Waals surface area contributed by atoms with Crippen molar-refractivity contribution in [3.05, 3.63) is 30.1 Å². The number of benzene rings is 1. The first-order valence-corrected chi connectivity index (χ1v) is 11.0. The fraction of sp³-hybridized carbons (Fsp3) is 0.545. The van der Waals surface area contributed by atoms with E-state index in [2.05, 4.69) is 36.9 Å². The zero-order valence-electron chi connectivity index (χ0n) is 17.5. The summed E-state index contributed by atoms with van der Waals surface area (Å²) in [5.74, 6) is 3.00. The minimum atomic E-state index is 0.402. The summed E-state index contributed by atoms with van der Waals surface area (Å²) in [5, 5.41) is 0. The fourth-order valence-electron chi connectivity index (χ4n) is 4.50. The molecule has 5 rings (SSSR count). The highest BCUT2D eigenvalue weighted by Gasteiger charge is 2.26. The van der Waals surface area contributed by atoms with Crippen molar-refractivity contribution in [2.24, 2.45) is 0 Å². The molecule has 0 spiro atoms. The van der Waals surface area contributed by atoms with Crippen LogP contribution in [0.4, 0.5) is 11.9 Å². The van der Waals surface area contributed by atoms with E-state index in [4.69, 9.17) is 14.7 Å². The average molecular weight is 408 g/mol. The number of aromatic nitrogens is 5. The number of para-hydroxylation sites is 2. The molecule has 0 aliphatic carbocycles. The second-order valence-electron chi connectivity index (χ2n) is 8.22. The van der Waals surface area contributed by atoms with Crippen LogP contribution < -0.4 is 14.5 Å². The van der Waals surface area contributed by atoms with Gasteiger partial charge in [-0.25, -0.2) is 4.98 Å². The van der Waals surface area contributed by atoms with Crippen molar-refractivity contribution in [3.8, 4) is 6.01 Å². The lowest BCUT2D eigenvalue weighted by atomic mass is 9.96. The lowest BCUT2D eigenvalue weighted by molar-refractivity contribution is 0.376. The Morgan fingerprint density at radius 3 is 2.17 bits per heavy atom. The van der Waals surface area contributed by atoms with Crippen LogP contribution in [0.5, 0.6) is 6.01 Å². The van der Waals surface area contributed by atoms with Crippen LogP contribution in [0.1, 0.15) is 50.3 Å². The number of anilines is 2. The van der Waals surface area contributed by atoms with Crippen LogP contribution in [0.15, 0.2) is 24.3 Å². The van der Waals surface area contributed by atoms with Crippen molar-refractivity contribution in [2.45, 2.75) is 44.4 Å². The first-order valence-electron chi connectivity index (χ1n) is 11.0. The van der Waals surface area contributed by atoms with Crippen molar-refractivity contribution in [2.75, 3.05) is 43.1 Å². The third-order valence-electron chi connectivity index (χ3n) is 6.23. The predicted molar refractivity (Wildman–Crippen MR) is 117 cm³/mol. The summed E-state index contributed by atoms with van der Waals surface area (Å²) in [6.07, 6.45) is 6.97. The average Bonchev–Trinajstić information content (AvgIpc) is 3.05. The van der Waals surface area contributed by atoms with Crippen molar-refractivity contribution >= 4 is 22.9 Å². The minimum Gasteiger partial charge on any atom is -0.467 e. The minimum absolute atomic E-state index is 0.402. The number of nitrogens with zero attached hydrogens (tertiary/aromatic N) is 6. The Hall–Kier alpha value is -2.90. The highest BCUT2D eigenvalue weighted by molar-refractivity contribution is 5.74. The second kappa shape index (κ2) is 8.45. The van der Waals surface area contributed by atoms with Crippen molar-refractivity contribution < 1.29 is 4.74 Å². The van der Waals surface area contributed by atoms with E-state index >= 15 is 0 Å². The molecule has 0 bridgehead atoms. The summed E-state index contributed by atoms with van der Waals surface area (Å²) in [4.78, 5) is 26.8. The van der Waals surface area contributed by atoms with E-state index in [-0.39, 0.29) is 0 Å². The molecule has 8 heteroatoms. The summed E-state index contributed by atoms with van der Waals surface area (Å²) in [5.41, 5.74) is 2.15. The van der Waals surface area contributed by atoms with Crippen LogP contribution in [-0.4, -0.2) is 58.2 Å². The molecule has 158 valence electrons. The molecule has 2 saturated heterocycles. The van der Waals surface area contributed by atoms with Crippen molar-refractivity contribution in [1.29, 1.82) is 0 Å². The van der Waals surface area contributed by atoms with Gasteiger partial charge in [0.15, 0.2) is 0 Å².